The van der Waals surface area contributed by atoms with Gasteiger partial charge < -0.3 is 15.8 Å². The third-order valence-electron chi connectivity index (χ3n) is 2.37. The fraction of sp³-hybridized carbons (Fsp3) is 0.417. The van der Waals surface area contributed by atoms with E-state index in [9.17, 15) is 21.6 Å². The standard InChI is InChI=1S/C12H16F3N3O3S/c1-22(19,20)7-6-17-11(16)18-8-9-2-4-10(5-3-9)21-12(13,14)15/h2-5H,6-8H2,1H3,(H3,16,17,18). The highest BCUT2D eigenvalue weighted by Crippen LogP contribution is 2.22. The van der Waals surface area contributed by atoms with Gasteiger partial charge in [-0.3, -0.25) is 0 Å². The fourth-order valence-corrected chi connectivity index (χ4v) is 1.87. The summed E-state index contributed by atoms with van der Waals surface area (Å²) in [5.74, 6) is -0.342. The van der Waals surface area contributed by atoms with Gasteiger partial charge in [0.15, 0.2) is 5.96 Å². The molecule has 0 atom stereocenters. The average molecular weight is 339 g/mol. The SMILES string of the molecule is CS(=O)(=O)CCNC(N)=NCc1ccc(OC(F)(F)F)cc1. The Balaban J connectivity index is 2.48. The molecule has 0 aliphatic rings. The van der Waals surface area contributed by atoms with Crippen LogP contribution in [0.4, 0.5) is 13.2 Å². The maximum atomic E-state index is 12.0. The molecule has 0 saturated heterocycles. The summed E-state index contributed by atoms with van der Waals surface area (Å²) >= 11 is 0. The summed E-state index contributed by atoms with van der Waals surface area (Å²) in [5, 5.41) is 2.63. The normalized spacial score (nSPS) is 13.0. The van der Waals surface area contributed by atoms with E-state index >= 15 is 0 Å². The van der Waals surface area contributed by atoms with E-state index in [4.69, 9.17) is 5.73 Å². The van der Waals surface area contributed by atoms with Crippen molar-refractivity contribution in [3.63, 3.8) is 0 Å². The Hall–Kier alpha value is -1.97. The number of sulfone groups is 1. The molecule has 3 N–H and O–H groups in total. The van der Waals surface area contributed by atoms with Gasteiger partial charge in [-0.2, -0.15) is 0 Å². The van der Waals surface area contributed by atoms with Gasteiger partial charge in [-0.05, 0) is 17.7 Å². The van der Waals surface area contributed by atoms with Crippen LogP contribution in [0.3, 0.4) is 0 Å². The summed E-state index contributed by atoms with van der Waals surface area (Å²) in [6.07, 6.45) is -3.62. The number of halogens is 3. The highest BCUT2D eigenvalue weighted by molar-refractivity contribution is 7.90. The molecule has 0 heterocycles. The van der Waals surface area contributed by atoms with Crippen LogP contribution in [0.25, 0.3) is 0 Å². The maximum absolute atomic E-state index is 12.0. The van der Waals surface area contributed by atoms with Gasteiger partial charge in [-0.15, -0.1) is 13.2 Å². The molecule has 0 aliphatic heterocycles. The molecule has 0 spiro atoms. The van der Waals surface area contributed by atoms with Gasteiger partial charge in [0.05, 0.1) is 12.3 Å². The molecule has 0 fully saturated rings. The third-order valence-corrected chi connectivity index (χ3v) is 3.31. The first-order valence-corrected chi connectivity index (χ1v) is 8.17. The summed E-state index contributed by atoms with van der Waals surface area (Å²) in [4.78, 5) is 3.94. The molecular formula is C12H16F3N3O3S. The van der Waals surface area contributed by atoms with E-state index < -0.39 is 16.2 Å². The lowest BCUT2D eigenvalue weighted by Gasteiger charge is -2.09. The Morgan fingerprint density at radius 1 is 1.32 bits per heavy atom. The number of hydrogen-bond acceptors (Lipinski definition) is 4. The summed E-state index contributed by atoms with van der Waals surface area (Å²) < 4.78 is 61.5. The van der Waals surface area contributed by atoms with Crippen LogP contribution in [0, 0.1) is 0 Å². The Morgan fingerprint density at radius 2 is 1.91 bits per heavy atom. The van der Waals surface area contributed by atoms with Crippen LogP contribution in [0.15, 0.2) is 29.3 Å². The summed E-state index contributed by atoms with van der Waals surface area (Å²) in [6, 6.07) is 5.19. The van der Waals surface area contributed by atoms with Crippen LogP contribution in [-0.4, -0.2) is 39.3 Å². The summed E-state index contributed by atoms with van der Waals surface area (Å²) in [6.45, 7) is 0.274. The van der Waals surface area contributed by atoms with E-state index in [0.29, 0.717) is 5.56 Å². The van der Waals surface area contributed by atoms with Crippen molar-refractivity contribution in [2.45, 2.75) is 12.9 Å². The van der Waals surface area contributed by atoms with Crippen molar-refractivity contribution in [3.8, 4) is 5.75 Å². The second-order valence-corrected chi connectivity index (χ2v) is 6.71. The minimum Gasteiger partial charge on any atom is -0.406 e. The minimum absolute atomic E-state index is 0.0549. The van der Waals surface area contributed by atoms with Crippen molar-refractivity contribution in [3.05, 3.63) is 29.8 Å². The number of ether oxygens (including phenoxy) is 1. The molecular weight excluding hydrogens is 323 g/mol. The Kier molecular flexibility index (Phi) is 6.03. The number of nitrogens with two attached hydrogens (primary N) is 1. The zero-order chi connectivity index (χ0) is 16.8. The number of aliphatic imine (C=N–C) groups is 1. The number of hydrogen-bond donors (Lipinski definition) is 2. The second-order valence-electron chi connectivity index (χ2n) is 4.45. The average Bonchev–Trinajstić information content (AvgIpc) is 2.34. The lowest BCUT2D eigenvalue weighted by atomic mass is 10.2. The molecule has 0 bridgehead atoms. The number of alkyl halides is 3. The lowest BCUT2D eigenvalue weighted by molar-refractivity contribution is -0.274. The molecule has 6 nitrogen and oxygen atoms in total. The number of guanidine groups is 1. The predicted molar refractivity (Wildman–Crippen MR) is 76.2 cm³/mol. The van der Waals surface area contributed by atoms with Crippen LogP contribution in [0.2, 0.25) is 0 Å². The first-order valence-electron chi connectivity index (χ1n) is 6.11. The molecule has 1 aromatic rings. The molecule has 0 saturated carbocycles. The molecule has 0 radical (unpaired) electrons. The van der Waals surface area contributed by atoms with E-state index in [1.54, 1.807) is 0 Å². The summed E-state index contributed by atoms with van der Waals surface area (Å²) in [5.41, 5.74) is 6.16. The minimum atomic E-state index is -4.73. The van der Waals surface area contributed by atoms with Gasteiger partial charge >= 0.3 is 6.36 Å². The molecule has 0 aromatic heterocycles. The van der Waals surface area contributed by atoms with Gasteiger partial charge in [0.1, 0.15) is 15.6 Å². The van der Waals surface area contributed by atoms with Crippen LogP contribution >= 0.6 is 0 Å². The van der Waals surface area contributed by atoms with Crippen molar-refractivity contribution in [1.82, 2.24) is 5.32 Å². The third kappa shape index (κ3) is 8.35. The van der Waals surface area contributed by atoms with Crippen LogP contribution in [-0.2, 0) is 16.4 Å². The van der Waals surface area contributed by atoms with E-state index in [2.05, 4.69) is 15.0 Å². The molecule has 0 amide bonds. The van der Waals surface area contributed by atoms with E-state index in [0.717, 1.165) is 6.26 Å². The first kappa shape index (κ1) is 18.1. The Labute approximate surface area is 126 Å². The second kappa shape index (κ2) is 7.34. The number of nitrogens with one attached hydrogen (secondary N) is 1. The topological polar surface area (TPSA) is 93.8 Å². The Morgan fingerprint density at radius 3 is 2.41 bits per heavy atom. The zero-order valence-electron chi connectivity index (χ0n) is 11.7. The molecule has 1 rings (SSSR count). The van der Waals surface area contributed by atoms with Crippen LogP contribution in [0.5, 0.6) is 5.75 Å². The number of benzene rings is 1. The Bertz CT molecular complexity index is 613. The smallest absolute Gasteiger partial charge is 0.406 e. The largest absolute Gasteiger partial charge is 0.573 e. The molecule has 124 valence electrons. The van der Waals surface area contributed by atoms with Gasteiger partial charge in [-0.1, -0.05) is 12.1 Å². The first-order chi connectivity index (χ1) is 10.1. The van der Waals surface area contributed by atoms with Crippen LogP contribution < -0.4 is 15.8 Å². The van der Waals surface area contributed by atoms with Gasteiger partial charge in [0, 0.05) is 12.8 Å². The quantitative estimate of drug-likeness (QED) is 0.596. The van der Waals surface area contributed by atoms with Crippen molar-refractivity contribution < 1.29 is 26.3 Å². The lowest BCUT2D eigenvalue weighted by Crippen LogP contribution is -2.35. The van der Waals surface area contributed by atoms with Crippen molar-refractivity contribution >= 4 is 15.8 Å². The maximum Gasteiger partial charge on any atom is 0.573 e. The van der Waals surface area contributed by atoms with E-state index in [1.807, 2.05) is 0 Å². The van der Waals surface area contributed by atoms with E-state index in [1.165, 1.54) is 24.3 Å². The molecule has 1 aromatic carbocycles. The number of rotatable bonds is 6. The molecule has 10 heteroatoms. The van der Waals surface area contributed by atoms with Crippen LogP contribution in [0.1, 0.15) is 5.56 Å². The predicted octanol–water partition coefficient (Wildman–Crippen LogP) is 1.03. The van der Waals surface area contributed by atoms with Gasteiger partial charge in [0.2, 0.25) is 0 Å². The van der Waals surface area contributed by atoms with Gasteiger partial charge in [-0.25, -0.2) is 13.4 Å². The van der Waals surface area contributed by atoms with Gasteiger partial charge in [0.25, 0.3) is 0 Å². The highest BCUT2D eigenvalue weighted by Gasteiger charge is 2.30. The van der Waals surface area contributed by atoms with Crippen molar-refractivity contribution in [1.29, 1.82) is 0 Å². The molecule has 0 unspecified atom stereocenters. The highest BCUT2D eigenvalue weighted by atomic mass is 32.2. The fourth-order valence-electron chi connectivity index (χ4n) is 1.39. The summed E-state index contributed by atoms with van der Waals surface area (Å²) in [7, 11) is -3.09. The number of nitrogens with zero attached hydrogens (tertiary/aromatic N) is 1. The zero-order valence-corrected chi connectivity index (χ0v) is 12.5. The molecule has 0 aliphatic carbocycles. The van der Waals surface area contributed by atoms with Crippen molar-refractivity contribution in [2.24, 2.45) is 10.7 Å². The van der Waals surface area contributed by atoms with E-state index in [-0.39, 0.29) is 30.6 Å². The molecule has 22 heavy (non-hydrogen) atoms. The monoisotopic (exact) mass is 339 g/mol. The van der Waals surface area contributed by atoms with Crippen molar-refractivity contribution in [2.75, 3.05) is 18.6 Å².